The average Bonchev–Trinajstić information content (AvgIpc) is 3.05. The zero-order valence-electron chi connectivity index (χ0n) is 15.2. The normalized spacial score (nSPS) is 18.3. The number of amides is 1. The van der Waals surface area contributed by atoms with Gasteiger partial charge in [-0.3, -0.25) is 9.48 Å². The maximum atomic E-state index is 13.0. The first-order valence-corrected chi connectivity index (χ1v) is 10.4. The van der Waals surface area contributed by atoms with E-state index in [1.165, 1.54) is 4.31 Å². The van der Waals surface area contributed by atoms with Gasteiger partial charge in [0.25, 0.3) is 5.91 Å². The van der Waals surface area contributed by atoms with Crippen molar-refractivity contribution in [3.05, 3.63) is 47.3 Å². The summed E-state index contributed by atoms with van der Waals surface area (Å²) in [6.07, 6.45) is 0.529. The number of carbonyl (C=O) groups excluding carboxylic acids is 1. The number of carbonyl (C=O) groups is 1. The molecule has 0 bridgehead atoms. The average molecular weight is 390 g/mol. The van der Waals surface area contributed by atoms with Crippen molar-refractivity contribution in [2.75, 3.05) is 32.8 Å². The number of nitrogens with zero attached hydrogens (tertiary/aromatic N) is 4. The number of rotatable bonds is 3. The van der Waals surface area contributed by atoms with Crippen LogP contribution in [0.25, 0.3) is 0 Å². The summed E-state index contributed by atoms with van der Waals surface area (Å²) < 4.78 is 34.4. The van der Waals surface area contributed by atoms with Gasteiger partial charge in [0.05, 0.1) is 18.1 Å². The highest BCUT2D eigenvalue weighted by Crippen LogP contribution is 2.27. The topological polar surface area (TPSA) is 84.7 Å². The summed E-state index contributed by atoms with van der Waals surface area (Å²) in [5.41, 5.74) is 1.98. The van der Waals surface area contributed by atoms with Crippen LogP contribution in [0.15, 0.2) is 35.2 Å². The Balaban J connectivity index is 1.65. The number of hydrogen-bond acceptors (Lipinski definition) is 5. The molecule has 0 saturated carbocycles. The van der Waals surface area contributed by atoms with Gasteiger partial charge in [0.15, 0.2) is 5.69 Å². The molecule has 4 rings (SSSR count). The highest BCUT2D eigenvalue weighted by atomic mass is 32.2. The third kappa shape index (κ3) is 3.26. The summed E-state index contributed by atoms with van der Waals surface area (Å²) in [6.45, 7) is 2.59. The van der Waals surface area contributed by atoms with Crippen molar-refractivity contribution in [1.29, 1.82) is 0 Å². The van der Waals surface area contributed by atoms with Crippen LogP contribution in [0.2, 0.25) is 0 Å². The molecule has 1 saturated heterocycles. The van der Waals surface area contributed by atoms with E-state index in [1.54, 1.807) is 47.0 Å². The van der Waals surface area contributed by atoms with Crippen LogP contribution in [0.3, 0.4) is 0 Å². The first-order valence-electron chi connectivity index (χ1n) is 8.95. The summed E-state index contributed by atoms with van der Waals surface area (Å²) in [4.78, 5) is 14.9. The van der Waals surface area contributed by atoms with Crippen LogP contribution in [-0.4, -0.2) is 66.2 Å². The van der Waals surface area contributed by atoms with Crippen molar-refractivity contribution in [2.45, 2.75) is 17.9 Å². The van der Waals surface area contributed by atoms with Gasteiger partial charge in [-0.25, -0.2) is 8.42 Å². The number of hydrogen-bond donors (Lipinski definition) is 0. The molecule has 2 aliphatic rings. The van der Waals surface area contributed by atoms with Crippen molar-refractivity contribution in [2.24, 2.45) is 7.05 Å². The molecule has 0 aliphatic carbocycles. The molecule has 1 aromatic heterocycles. The maximum absolute atomic E-state index is 13.0. The largest absolute Gasteiger partial charge is 0.378 e. The first kappa shape index (κ1) is 18.1. The number of benzene rings is 1. The predicted molar refractivity (Wildman–Crippen MR) is 97.7 cm³/mol. The van der Waals surface area contributed by atoms with E-state index in [9.17, 15) is 13.2 Å². The third-order valence-corrected chi connectivity index (χ3v) is 6.95. The quantitative estimate of drug-likeness (QED) is 0.768. The fourth-order valence-corrected chi connectivity index (χ4v) is 5.03. The fourth-order valence-electron chi connectivity index (χ4n) is 3.60. The molecule has 1 amide bonds. The van der Waals surface area contributed by atoms with Crippen LogP contribution in [0, 0.1) is 0 Å². The van der Waals surface area contributed by atoms with Crippen molar-refractivity contribution >= 4 is 15.9 Å². The Labute approximate surface area is 158 Å². The second-order valence-corrected chi connectivity index (χ2v) is 8.64. The maximum Gasteiger partial charge on any atom is 0.274 e. The molecule has 0 unspecified atom stereocenters. The van der Waals surface area contributed by atoms with Crippen molar-refractivity contribution in [3.63, 3.8) is 0 Å². The molecule has 9 heteroatoms. The summed E-state index contributed by atoms with van der Waals surface area (Å²) in [7, 11) is -1.81. The zero-order chi connectivity index (χ0) is 19.0. The molecule has 3 heterocycles. The van der Waals surface area contributed by atoms with Crippen LogP contribution >= 0.6 is 0 Å². The van der Waals surface area contributed by atoms with E-state index in [0.29, 0.717) is 50.5 Å². The van der Waals surface area contributed by atoms with E-state index >= 15 is 0 Å². The van der Waals surface area contributed by atoms with Crippen LogP contribution in [0.5, 0.6) is 0 Å². The number of sulfonamides is 1. The van der Waals surface area contributed by atoms with E-state index in [2.05, 4.69) is 5.10 Å². The molecule has 0 N–H and O–H groups in total. The van der Waals surface area contributed by atoms with Gasteiger partial charge in [-0.1, -0.05) is 18.2 Å². The number of fused-ring (bicyclic) bond motifs is 1. The van der Waals surface area contributed by atoms with Crippen molar-refractivity contribution in [1.82, 2.24) is 19.0 Å². The summed E-state index contributed by atoms with van der Waals surface area (Å²) in [5, 5.41) is 4.42. The molecule has 2 aromatic rings. The predicted octanol–water partition coefficient (Wildman–Crippen LogP) is 0.640. The van der Waals surface area contributed by atoms with Crippen LogP contribution in [-0.2, 0) is 34.8 Å². The van der Waals surface area contributed by atoms with E-state index < -0.39 is 10.0 Å². The molecule has 144 valence electrons. The van der Waals surface area contributed by atoms with Gasteiger partial charge in [0, 0.05) is 50.9 Å². The molecule has 1 aromatic carbocycles. The summed E-state index contributed by atoms with van der Waals surface area (Å²) >= 11 is 0. The molecule has 8 nitrogen and oxygen atoms in total. The van der Waals surface area contributed by atoms with Crippen LogP contribution in [0.4, 0.5) is 0 Å². The molecule has 27 heavy (non-hydrogen) atoms. The van der Waals surface area contributed by atoms with Gasteiger partial charge >= 0.3 is 0 Å². The van der Waals surface area contributed by atoms with Gasteiger partial charge in [-0.2, -0.15) is 9.40 Å². The molecule has 0 atom stereocenters. The number of ether oxygens (including phenoxy) is 1. The number of morpholine rings is 1. The van der Waals surface area contributed by atoms with E-state index in [4.69, 9.17) is 4.74 Å². The molecular formula is C18H22N4O4S. The van der Waals surface area contributed by atoms with Gasteiger partial charge < -0.3 is 9.64 Å². The zero-order valence-corrected chi connectivity index (χ0v) is 16.0. The van der Waals surface area contributed by atoms with Gasteiger partial charge in [0.1, 0.15) is 0 Å². The number of aromatic nitrogens is 2. The van der Waals surface area contributed by atoms with E-state index in [-0.39, 0.29) is 17.3 Å². The second-order valence-electron chi connectivity index (χ2n) is 6.70. The standard InChI is InChI=1S/C18H22N4O4S/c1-20-16-7-8-22(27(24,25)14-5-3-2-4-6-14)13-15(16)17(19-20)18(23)21-9-11-26-12-10-21/h2-6H,7-13H2,1H3. The molecule has 0 spiro atoms. The van der Waals surface area contributed by atoms with Crippen LogP contribution in [0.1, 0.15) is 21.7 Å². The van der Waals surface area contributed by atoms with Gasteiger partial charge in [-0.05, 0) is 12.1 Å². The Morgan fingerprint density at radius 3 is 2.52 bits per heavy atom. The van der Waals surface area contributed by atoms with E-state index in [1.807, 2.05) is 0 Å². The first-order chi connectivity index (χ1) is 13.0. The monoisotopic (exact) mass is 390 g/mol. The molecular weight excluding hydrogens is 368 g/mol. The lowest BCUT2D eigenvalue weighted by atomic mass is 10.1. The molecule has 2 aliphatic heterocycles. The highest BCUT2D eigenvalue weighted by Gasteiger charge is 2.34. The Hall–Kier alpha value is -2.23. The lowest BCUT2D eigenvalue weighted by Crippen LogP contribution is -2.42. The van der Waals surface area contributed by atoms with Gasteiger partial charge in [-0.15, -0.1) is 0 Å². The Kier molecular flexibility index (Phi) is 4.75. The Morgan fingerprint density at radius 1 is 1.11 bits per heavy atom. The lowest BCUT2D eigenvalue weighted by molar-refractivity contribution is 0.0297. The van der Waals surface area contributed by atoms with Gasteiger partial charge in [0.2, 0.25) is 10.0 Å². The Morgan fingerprint density at radius 2 is 1.81 bits per heavy atom. The second kappa shape index (κ2) is 7.06. The number of aryl methyl sites for hydroxylation is 1. The summed E-state index contributed by atoms with van der Waals surface area (Å²) in [5.74, 6) is -0.158. The smallest absolute Gasteiger partial charge is 0.274 e. The van der Waals surface area contributed by atoms with Crippen LogP contribution < -0.4 is 0 Å². The highest BCUT2D eigenvalue weighted by molar-refractivity contribution is 7.89. The third-order valence-electron chi connectivity index (χ3n) is 5.09. The Bertz CT molecular complexity index is 949. The molecule has 1 fully saturated rings. The fraction of sp³-hybridized carbons (Fsp3) is 0.444. The van der Waals surface area contributed by atoms with E-state index in [0.717, 1.165) is 5.69 Å². The minimum absolute atomic E-state index is 0.158. The van der Waals surface area contributed by atoms with Crippen molar-refractivity contribution < 1.29 is 17.9 Å². The minimum atomic E-state index is -3.61. The van der Waals surface area contributed by atoms with Crippen molar-refractivity contribution in [3.8, 4) is 0 Å². The SMILES string of the molecule is Cn1nc(C(=O)N2CCOCC2)c2c1CCN(S(=O)(=O)c1ccccc1)C2. The lowest BCUT2D eigenvalue weighted by Gasteiger charge is -2.28. The summed E-state index contributed by atoms with van der Waals surface area (Å²) in [6, 6.07) is 8.38. The molecule has 0 radical (unpaired) electrons. The minimum Gasteiger partial charge on any atom is -0.378 e.